The average molecular weight is 270 g/mol. The van der Waals surface area contributed by atoms with Gasteiger partial charge in [0.2, 0.25) is 11.8 Å². The molecule has 0 aliphatic carbocycles. The van der Waals surface area contributed by atoms with E-state index in [2.05, 4.69) is 5.16 Å². The second-order valence-electron chi connectivity index (χ2n) is 4.25. The van der Waals surface area contributed by atoms with E-state index in [4.69, 9.17) is 22.1 Å². The van der Waals surface area contributed by atoms with Crippen LogP contribution in [0.15, 0.2) is 5.16 Å². The lowest BCUT2D eigenvalue weighted by Crippen LogP contribution is -2.54. The average Bonchev–Trinajstić information content (AvgIpc) is 2.37. The molecule has 9 heteroatoms. The normalized spacial score (nSPS) is 16.9. The van der Waals surface area contributed by atoms with Crippen LogP contribution < -0.4 is 11.5 Å². The lowest BCUT2D eigenvalue weighted by Gasteiger charge is -2.33. The number of amidine groups is 2. The van der Waals surface area contributed by atoms with Gasteiger partial charge >= 0.3 is 0 Å². The molecule has 9 nitrogen and oxygen atoms in total. The van der Waals surface area contributed by atoms with Crippen LogP contribution in [0.25, 0.3) is 0 Å². The molecule has 1 heterocycles. The number of piperazine rings is 1. The molecule has 0 atom stereocenters. The molecule has 6 N–H and O–H groups in total. The molecule has 0 radical (unpaired) electrons. The number of amides is 2. The highest BCUT2D eigenvalue weighted by Gasteiger charge is 2.29. The summed E-state index contributed by atoms with van der Waals surface area (Å²) in [6.07, 6.45) is 0.464. The van der Waals surface area contributed by atoms with Crippen molar-refractivity contribution in [3.63, 3.8) is 0 Å². The van der Waals surface area contributed by atoms with Crippen molar-refractivity contribution in [2.24, 2.45) is 16.6 Å². The molecule has 0 unspecified atom stereocenters. The highest BCUT2D eigenvalue weighted by molar-refractivity contribution is 5.93. The van der Waals surface area contributed by atoms with Crippen LogP contribution in [0.1, 0.15) is 12.8 Å². The number of nitrogens with one attached hydrogen (secondary N) is 1. The third kappa shape index (κ3) is 4.45. The zero-order valence-corrected chi connectivity index (χ0v) is 10.5. The first-order chi connectivity index (χ1) is 8.93. The van der Waals surface area contributed by atoms with Crippen LogP contribution in [-0.4, -0.2) is 64.7 Å². The maximum atomic E-state index is 11.8. The Balaban J connectivity index is 2.49. The first kappa shape index (κ1) is 14.7. The Hall–Kier alpha value is -2.32. The molecule has 1 rings (SSSR count). The maximum absolute atomic E-state index is 11.8. The summed E-state index contributed by atoms with van der Waals surface area (Å²) in [4.78, 5) is 26.3. The number of hydrogen-bond acceptors (Lipinski definition) is 5. The topological polar surface area (TPSA) is 149 Å². The molecule has 1 fully saturated rings. The van der Waals surface area contributed by atoms with Crippen LogP contribution in [-0.2, 0) is 9.59 Å². The molecule has 1 aliphatic heterocycles. The molecule has 0 saturated carbocycles. The zero-order valence-electron chi connectivity index (χ0n) is 10.5. The van der Waals surface area contributed by atoms with Gasteiger partial charge in [-0.15, -0.1) is 0 Å². The molecular weight excluding hydrogens is 252 g/mol. The lowest BCUT2D eigenvalue weighted by atomic mass is 10.2. The second kappa shape index (κ2) is 6.57. The highest BCUT2D eigenvalue weighted by Crippen LogP contribution is 2.06. The van der Waals surface area contributed by atoms with Gasteiger partial charge in [-0.05, 0) is 0 Å². The van der Waals surface area contributed by atoms with Crippen molar-refractivity contribution < 1.29 is 14.8 Å². The molecule has 0 aromatic heterocycles. The summed E-state index contributed by atoms with van der Waals surface area (Å²) in [5.74, 6) is -0.400. The van der Waals surface area contributed by atoms with Crippen molar-refractivity contribution in [1.82, 2.24) is 9.80 Å². The summed E-state index contributed by atoms with van der Waals surface area (Å²) < 4.78 is 0. The van der Waals surface area contributed by atoms with Gasteiger partial charge in [0.25, 0.3) is 0 Å². The summed E-state index contributed by atoms with van der Waals surface area (Å²) in [5.41, 5.74) is 10.5. The van der Waals surface area contributed by atoms with Gasteiger partial charge in [-0.2, -0.15) is 0 Å². The highest BCUT2D eigenvalue weighted by atomic mass is 16.4. The van der Waals surface area contributed by atoms with E-state index in [1.54, 1.807) is 0 Å². The SMILES string of the molecule is N=C(N)CCN1CC(=O)N(CC/C(N)=N/O)CC1=O. The predicted octanol–water partition coefficient (Wildman–Crippen LogP) is -1.88. The van der Waals surface area contributed by atoms with Gasteiger partial charge in [-0.3, -0.25) is 15.0 Å². The third-order valence-corrected chi connectivity index (χ3v) is 2.78. The monoisotopic (exact) mass is 270 g/mol. The van der Waals surface area contributed by atoms with E-state index < -0.39 is 0 Å². The van der Waals surface area contributed by atoms with E-state index in [1.807, 2.05) is 0 Å². The van der Waals surface area contributed by atoms with Gasteiger partial charge < -0.3 is 26.5 Å². The summed E-state index contributed by atoms with van der Waals surface area (Å²) in [6.45, 7) is 0.451. The Morgan fingerprint density at radius 1 is 1.16 bits per heavy atom. The molecular formula is C10H18N6O3. The summed E-state index contributed by atoms with van der Waals surface area (Å²) in [5, 5.41) is 18.3. The Morgan fingerprint density at radius 3 is 2.05 bits per heavy atom. The first-order valence-corrected chi connectivity index (χ1v) is 5.79. The zero-order chi connectivity index (χ0) is 14.4. The van der Waals surface area contributed by atoms with E-state index in [0.29, 0.717) is 0 Å². The van der Waals surface area contributed by atoms with Crippen molar-refractivity contribution in [3.05, 3.63) is 0 Å². The number of nitrogens with zero attached hydrogens (tertiary/aromatic N) is 3. The summed E-state index contributed by atoms with van der Waals surface area (Å²) in [6, 6.07) is 0. The van der Waals surface area contributed by atoms with Crippen molar-refractivity contribution in [1.29, 1.82) is 5.41 Å². The number of nitrogens with two attached hydrogens (primary N) is 2. The summed E-state index contributed by atoms with van der Waals surface area (Å²) in [7, 11) is 0. The number of rotatable bonds is 6. The maximum Gasteiger partial charge on any atom is 0.242 e. The minimum atomic E-state index is -0.200. The first-order valence-electron chi connectivity index (χ1n) is 5.79. The van der Waals surface area contributed by atoms with Gasteiger partial charge in [0, 0.05) is 25.9 Å². The van der Waals surface area contributed by atoms with E-state index in [9.17, 15) is 9.59 Å². The van der Waals surface area contributed by atoms with Crippen molar-refractivity contribution >= 4 is 23.5 Å². The fourth-order valence-corrected chi connectivity index (χ4v) is 1.67. The Labute approximate surface area is 110 Å². The van der Waals surface area contributed by atoms with Crippen LogP contribution in [0.4, 0.5) is 0 Å². The van der Waals surface area contributed by atoms with E-state index >= 15 is 0 Å². The molecule has 0 aromatic carbocycles. The number of carbonyl (C=O) groups is 2. The number of oxime groups is 1. The van der Waals surface area contributed by atoms with Crippen molar-refractivity contribution in [2.75, 3.05) is 26.2 Å². The summed E-state index contributed by atoms with van der Waals surface area (Å²) >= 11 is 0. The minimum Gasteiger partial charge on any atom is -0.409 e. The predicted molar refractivity (Wildman–Crippen MR) is 67.7 cm³/mol. The smallest absolute Gasteiger partial charge is 0.242 e. The number of hydrogen-bond donors (Lipinski definition) is 4. The standard InChI is InChI=1S/C10H18N6O3/c11-7(12)1-3-15-5-10(18)16(6-9(15)17)4-2-8(13)14-19/h19H,1-6H2,(H3,11,12)(H2,13,14). The molecule has 0 bridgehead atoms. The number of carbonyl (C=O) groups excluding carboxylic acids is 2. The van der Waals surface area contributed by atoms with E-state index in [1.165, 1.54) is 9.80 Å². The van der Waals surface area contributed by atoms with Crippen LogP contribution in [0.2, 0.25) is 0 Å². The fraction of sp³-hybridized carbons (Fsp3) is 0.600. The molecule has 19 heavy (non-hydrogen) atoms. The molecule has 2 amide bonds. The van der Waals surface area contributed by atoms with Gasteiger partial charge in [-0.1, -0.05) is 5.16 Å². The lowest BCUT2D eigenvalue weighted by molar-refractivity contribution is -0.149. The van der Waals surface area contributed by atoms with E-state index in [-0.39, 0.29) is 62.5 Å². The molecule has 0 aromatic rings. The van der Waals surface area contributed by atoms with Crippen LogP contribution in [0.3, 0.4) is 0 Å². The Kier molecular flexibility index (Phi) is 5.10. The van der Waals surface area contributed by atoms with E-state index in [0.717, 1.165) is 0 Å². The molecule has 106 valence electrons. The van der Waals surface area contributed by atoms with Gasteiger partial charge in [-0.25, -0.2) is 0 Å². The second-order valence-corrected chi connectivity index (χ2v) is 4.25. The fourth-order valence-electron chi connectivity index (χ4n) is 1.67. The van der Waals surface area contributed by atoms with Crippen molar-refractivity contribution in [3.8, 4) is 0 Å². The van der Waals surface area contributed by atoms with Gasteiger partial charge in [0.1, 0.15) is 5.84 Å². The molecule has 0 spiro atoms. The van der Waals surface area contributed by atoms with Gasteiger partial charge in [0.15, 0.2) is 0 Å². The molecule has 1 saturated heterocycles. The Bertz CT molecular complexity index is 408. The van der Waals surface area contributed by atoms with Crippen molar-refractivity contribution in [2.45, 2.75) is 12.8 Å². The largest absolute Gasteiger partial charge is 0.409 e. The van der Waals surface area contributed by atoms with Gasteiger partial charge in [0.05, 0.1) is 18.9 Å². The third-order valence-electron chi connectivity index (χ3n) is 2.78. The van der Waals surface area contributed by atoms with Crippen LogP contribution in [0.5, 0.6) is 0 Å². The van der Waals surface area contributed by atoms with Crippen LogP contribution >= 0.6 is 0 Å². The molecule has 1 aliphatic rings. The minimum absolute atomic E-state index is 0.0132. The Morgan fingerprint density at radius 2 is 1.63 bits per heavy atom. The van der Waals surface area contributed by atoms with Crippen LogP contribution in [0, 0.1) is 5.41 Å². The quantitative estimate of drug-likeness (QED) is 0.193.